The van der Waals surface area contributed by atoms with Crippen LogP contribution < -0.4 is 0 Å². The molecule has 8 aromatic carbocycles. The zero-order chi connectivity index (χ0) is 38.6. The van der Waals surface area contributed by atoms with E-state index in [0.717, 1.165) is 88.4 Å². The Morgan fingerprint density at radius 1 is 0.345 bits per heavy atom. The second kappa shape index (κ2) is 13.6. The minimum atomic E-state index is 0.522. The minimum absolute atomic E-state index is 0.522. The molecule has 3 heterocycles. The molecule has 0 N–H and O–H groups in total. The molecule has 0 spiro atoms. The highest BCUT2D eigenvalue weighted by Gasteiger charge is 2.18. The van der Waals surface area contributed by atoms with Gasteiger partial charge in [-0.25, -0.2) is 15.0 Å². The molecule has 11 aromatic rings. The largest absolute Gasteiger partial charge is 0.456 e. The topological polar surface area (TPSA) is 88.7 Å². The van der Waals surface area contributed by atoms with E-state index < -0.39 is 0 Å². The van der Waals surface area contributed by atoms with E-state index in [0.29, 0.717) is 23.0 Å². The standard InChI is InChI=1S/C52H30N4O2/c53-31-32-9-6-12-36(27-32)34-19-21-35(22-20-34)50-54-51(39-23-25-43-42-15-4-5-17-45(42)57-47(43)29-39)56-52(55-50)40-24-26-44-48(30-40)58-46-18-8-16-41(49(44)46)38-14-7-13-37(28-38)33-10-2-1-3-11-33/h1-30H. The fraction of sp³-hybridized carbons (Fsp3) is 0. The summed E-state index contributed by atoms with van der Waals surface area (Å²) in [6.07, 6.45) is 0. The van der Waals surface area contributed by atoms with Crippen LogP contribution in [0.15, 0.2) is 191 Å². The van der Waals surface area contributed by atoms with Gasteiger partial charge in [0.1, 0.15) is 22.3 Å². The molecule has 0 aliphatic heterocycles. The molecule has 11 rings (SSSR count). The van der Waals surface area contributed by atoms with E-state index in [-0.39, 0.29) is 0 Å². The third-order valence-electron chi connectivity index (χ3n) is 10.8. The van der Waals surface area contributed by atoms with Crippen LogP contribution in [-0.2, 0) is 0 Å². The highest BCUT2D eigenvalue weighted by atomic mass is 16.3. The molecular weight excluding hydrogens is 713 g/mol. The molecule has 58 heavy (non-hydrogen) atoms. The van der Waals surface area contributed by atoms with Crippen LogP contribution in [0, 0.1) is 11.3 Å². The van der Waals surface area contributed by atoms with Crippen LogP contribution in [0.25, 0.3) is 111 Å². The van der Waals surface area contributed by atoms with E-state index in [2.05, 4.69) is 84.9 Å². The third kappa shape index (κ3) is 5.78. The van der Waals surface area contributed by atoms with Crippen molar-refractivity contribution in [1.29, 1.82) is 5.26 Å². The van der Waals surface area contributed by atoms with Crippen molar-refractivity contribution in [1.82, 2.24) is 15.0 Å². The lowest BCUT2D eigenvalue weighted by molar-refractivity contribution is 0.668. The van der Waals surface area contributed by atoms with E-state index in [1.54, 1.807) is 6.07 Å². The molecule has 0 bridgehead atoms. The first-order chi connectivity index (χ1) is 28.6. The van der Waals surface area contributed by atoms with Crippen molar-refractivity contribution in [2.45, 2.75) is 0 Å². The second-order valence-corrected chi connectivity index (χ2v) is 14.3. The van der Waals surface area contributed by atoms with E-state index in [4.69, 9.17) is 23.8 Å². The monoisotopic (exact) mass is 742 g/mol. The number of para-hydroxylation sites is 1. The van der Waals surface area contributed by atoms with Gasteiger partial charge in [0.25, 0.3) is 0 Å². The van der Waals surface area contributed by atoms with Gasteiger partial charge in [-0.05, 0) is 88.0 Å². The quantitative estimate of drug-likeness (QED) is 0.168. The first-order valence-electron chi connectivity index (χ1n) is 19.1. The Kier molecular flexibility index (Phi) is 7.76. The van der Waals surface area contributed by atoms with Crippen molar-refractivity contribution in [3.8, 4) is 73.6 Å². The van der Waals surface area contributed by atoms with Gasteiger partial charge in [0, 0.05) is 38.2 Å². The number of hydrogen-bond acceptors (Lipinski definition) is 6. The molecule has 6 nitrogen and oxygen atoms in total. The molecule has 0 aliphatic rings. The van der Waals surface area contributed by atoms with Crippen LogP contribution in [0.5, 0.6) is 0 Å². The summed E-state index contributed by atoms with van der Waals surface area (Å²) in [5, 5.41) is 13.6. The highest BCUT2D eigenvalue weighted by Crippen LogP contribution is 2.40. The molecule has 0 amide bonds. The van der Waals surface area contributed by atoms with E-state index in [1.807, 2.05) is 97.1 Å². The molecule has 270 valence electrons. The van der Waals surface area contributed by atoms with E-state index in [1.165, 1.54) is 5.56 Å². The van der Waals surface area contributed by atoms with Gasteiger partial charge in [-0.2, -0.15) is 5.26 Å². The number of hydrogen-bond donors (Lipinski definition) is 0. The SMILES string of the molecule is N#Cc1cccc(-c2ccc(-c3nc(-c4ccc5c(c4)oc4ccccc45)nc(-c4ccc5c(c4)oc4cccc(-c6cccc(-c7ccccc7)c6)c45)n3)cc2)c1. The van der Waals surface area contributed by atoms with Crippen molar-refractivity contribution in [3.63, 3.8) is 0 Å². The van der Waals surface area contributed by atoms with Crippen LogP contribution >= 0.6 is 0 Å². The zero-order valence-electron chi connectivity index (χ0n) is 30.9. The number of rotatable bonds is 6. The lowest BCUT2D eigenvalue weighted by Crippen LogP contribution is -2.00. The summed E-state index contributed by atoms with van der Waals surface area (Å²) in [7, 11) is 0. The summed E-state index contributed by atoms with van der Waals surface area (Å²) >= 11 is 0. The predicted octanol–water partition coefficient (Wildman–Crippen LogP) is 13.5. The summed E-state index contributed by atoms with van der Waals surface area (Å²) in [4.78, 5) is 15.2. The van der Waals surface area contributed by atoms with Crippen molar-refractivity contribution in [3.05, 3.63) is 188 Å². The lowest BCUT2D eigenvalue weighted by Gasteiger charge is -2.10. The normalized spacial score (nSPS) is 11.4. The molecule has 0 saturated carbocycles. The van der Waals surface area contributed by atoms with Gasteiger partial charge in [0.15, 0.2) is 17.5 Å². The molecule has 3 aromatic heterocycles. The van der Waals surface area contributed by atoms with Gasteiger partial charge >= 0.3 is 0 Å². The molecular formula is C52H30N4O2. The Morgan fingerprint density at radius 3 is 1.64 bits per heavy atom. The summed E-state index contributed by atoms with van der Waals surface area (Å²) in [6, 6.07) is 63.6. The Morgan fingerprint density at radius 2 is 0.862 bits per heavy atom. The van der Waals surface area contributed by atoms with Gasteiger partial charge < -0.3 is 8.83 Å². The second-order valence-electron chi connectivity index (χ2n) is 14.3. The highest BCUT2D eigenvalue weighted by molar-refractivity contribution is 6.13. The zero-order valence-corrected chi connectivity index (χ0v) is 30.9. The van der Waals surface area contributed by atoms with Crippen molar-refractivity contribution in [2.75, 3.05) is 0 Å². The Bertz CT molecular complexity index is 3410. The molecule has 0 fully saturated rings. The summed E-state index contributed by atoms with van der Waals surface area (Å²) < 4.78 is 12.8. The number of fused-ring (bicyclic) bond motifs is 6. The third-order valence-corrected chi connectivity index (χ3v) is 10.8. The molecule has 0 aliphatic carbocycles. The molecule has 0 unspecified atom stereocenters. The Hall–Kier alpha value is -8.14. The summed E-state index contributed by atoms with van der Waals surface area (Å²) in [6.45, 7) is 0. The van der Waals surface area contributed by atoms with E-state index in [9.17, 15) is 5.26 Å². The summed E-state index contributed by atoms with van der Waals surface area (Å²) in [5.74, 6) is 1.58. The number of nitriles is 1. The van der Waals surface area contributed by atoms with Gasteiger partial charge in [-0.15, -0.1) is 0 Å². The molecule has 0 radical (unpaired) electrons. The first-order valence-corrected chi connectivity index (χ1v) is 19.1. The molecule has 0 saturated heterocycles. The fourth-order valence-corrected chi connectivity index (χ4v) is 7.91. The number of aromatic nitrogens is 3. The van der Waals surface area contributed by atoms with Crippen molar-refractivity contribution < 1.29 is 8.83 Å². The lowest BCUT2D eigenvalue weighted by atomic mass is 9.96. The van der Waals surface area contributed by atoms with Gasteiger partial charge in [0.2, 0.25) is 0 Å². The van der Waals surface area contributed by atoms with Gasteiger partial charge in [0.05, 0.1) is 11.6 Å². The molecule has 0 atom stereocenters. The fourth-order valence-electron chi connectivity index (χ4n) is 7.91. The molecule has 6 heteroatoms. The van der Waals surface area contributed by atoms with Crippen molar-refractivity contribution >= 4 is 43.9 Å². The van der Waals surface area contributed by atoms with Crippen molar-refractivity contribution in [2.24, 2.45) is 0 Å². The number of furan rings is 2. The van der Waals surface area contributed by atoms with Crippen LogP contribution in [0.1, 0.15) is 5.56 Å². The Labute approximate surface area is 333 Å². The number of benzene rings is 8. The van der Waals surface area contributed by atoms with E-state index >= 15 is 0 Å². The average Bonchev–Trinajstić information content (AvgIpc) is 3.87. The smallest absolute Gasteiger partial charge is 0.164 e. The summed E-state index contributed by atoms with van der Waals surface area (Å²) in [5.41, 5.74) is 12.7. The Balaban J connectivity index is 1.04. The van der Waals surface area contributed by atoms with Crippen LogP contribution in [0.4, 0.5) is 0 Å². The van der Waals surface area contributed by atoms with Crippen LogP contribution in [-0.4, -0.2) is 15.0 Å². The van der Waals surface area contributed by atoms with Crippen LogP contribution in [0.2, 0.25) is 0 Å². The minimum Gasteiger partial charge on any atom is -0.456 e. The van der Waals surface area contributed by atoms with Crippen LogP contribution in [0.3, 0.4) is 0 Å². The van der Waals surface area contributed by atoms with Gasteiger partial charge in [-0.3, -0.25) is 0 Å². The average molecular weight is 743 g/mol. The maximum Gasteiger partial charge on any atom is 0.164 e. The van der Waals surface area contributed by atoms with Gasteiger partial charge in [-0.1, -0.05) is 127 Å². The number of nitrogens with zero attached hydrogens (tertiary/aromatic N) is 4. The maximum absolute atomic E-state index is 9.45. The first kappa shape index (κ1) is 33.2. The predicted molar refractivity (Wildman–Crippen MR) is 232 cm³/mol. The maximum atomic E-state index is 9.45.